The Morgan fingerprint density at radius 1 is 1.59 bits per heavy atom. The van der Waals surface area contributed by atoms with Crippen molar-refractivity contribution in [2.75, 3.05) is 19.6 Å². The largest absolute Gasteiger partial charge is 0.480 e. The molecule has 17 heavy (non-hydrogen) atoms. The molecule has 2 amide bonds. The van der Waals surface area contributed by atoms with Gasteiger partial charge in [0.1, 0.15) is 6.54 Å². The van der Waals surface area contributed by atoms with E-state index in [1.54, 1.807) is 0 Å². The van der Waals surface area contributed by atoms with E-state index < -0.39 is 5.97 Å². The van der Waals surface area contributed by atoms with Gasteiger partial charge in [-0.3, -0.25) is 14.4 Å². The predicted molar refractivity (Wildman–Crippen MR) is 60.1 cm³/mol. The average Bonchev–Trinajstić information content (AvgIpc) is 2.28. The van der Waals surface area contributed by atoms with Crippen LogP contribution >= 0.6 is 0 Å². The molecule has 0 aromatic rings. The second-order valence-corrected chi connectivity index (χ2v) is 3.94. The fourth-order valence-electron chi connectivity index (χ4n) is 1.75. The van der Waals surface area contributed by atoms with E-state index in [0.29, 0.717) is 12.8 Å². The summed E-state index contributed by atoms with van der Waals surface area (Å²) in [5, 5.41) is 11.3. The number of hydrogen-bond donors (Lipinski definition) is 2. The normalized spacial score (nSPS) is 19.3. The summed E-state index contributed by atoms with van der Waals surface area (Å²) in [7, 11) is 0. The molecule has 1 rings (SSSR count). The van der Waals surface area contributed by atoms with Crippen LogP contribution in [0.25, 0.3) is 0 Å². The van der Waals surface area contributed by atoms with Gasteiger partial charge in [-0.1, -0.05) is 6.08 Å². The lowest BCUT2D eigenvalue weighted by Crippen LogP contribution is -2.46. The van der Waals surface area contributed by atoms with Crippen molar-refractivity contribution in [3.8, 4) is 0 Å². The van der Waals surface area contributed by atoms with E-state index in [9.17, 15) is 14.4 Å². The van der Waals surface area contributed by atoms with Gasteiger partial charge in [-0.05, 0) is 6.42 Å². The highest BCUT2D eigenvalue weighted by Gasteiger charge is 2.28. The van der Waals surface area contributed by atoms with E-state index in [2.05, 4.69) is 11.9 Å². The first kappa shape index (κ1) is 13.2. The zero-order valence-electron chi connectivity index (χ0n) is 9.52. The van der Waals surface area contributed by atoms with Crippen molar-refractivity contribution in [3.05, 3.63) is 12.7 Å². The summed E-state index contributed by atoms with van der Waals surface area (Å²) < 4.78 is 0. The number of aliphatic carboxylic acids is 1. The number of piperidine rings is 1. The lowest BCUT2D eigenvalue weighted by atomic mass is 9.97. The molecule has 1 saturated heterocycles. The van der Waals surface area contributed by atoms with Crippen LogP contribution in [0.3, 0.4) is 0 Å². The van der Waals surface area contributed by atoms with E-state index in [1.807, 2.05) is 0 Å². The molecule has 6 heteroatoms. The van der Waals surface area contributed by atoms with Crippen LogP contribution in [0.5, 0.6) is 0 Å². The zero-order valence-corrected chi connectivity index (χ0v) is 9.52. The second-order valence-electron chi connectivity index (χ2n) is 3.94. The Hall–Kier alpha value is -1.85. The van der Waals surface area contributed by atoms with Gasteiger partial charge in [0.05, 0.1) is 5.92 Å². The monoisotopic (exact) mass is 240 g/mol. The topological polar surface area (TPSA) is 86.7 Å². The Bertz CT molecular complexity index is 330. The number of carbonyl (C=O) groups excluding carboxylic acids is 2. The standard InChI is InChI=1S/C11H16N2O4/c1-2-5-13(7-10(15)16)11(17)8-3-4-9(14)12-6-8/h2,8H,1,3-7H2,(H,12,14)(H,15,16). The number of nitrogens with one attached hydrogen (secondary N) is 1. The SMILES string of the molecule is C=CCN(CC(=O)O)C(=O)C1CCC(=O)NC1. The summed E-state index contributed by atoms with van der Waals surface area (Å²) in [5.74, 6) is -1.69. The van der Waals surface area contributed by atoms with Crippen LogP contribution in [0.1, 0.15) is 12.8 Å². The van der Waals surface area contributed by atoms with Crippen molar-refractivity contribution in [2.24, 2.45) is 5.92 Å². The van der Waals surface area contributed by atoms with Crippen LogP contribution in [0, 0.1) is 5.92 Å². The van der Waals surface area contributed by atoms with Gasteiger partial charge >= 0.3 is 5.97 Å². The number of carboxylic acid groups (broad SMARTS) is 1. The summed E-state index contributed by atoms with van der Waals surface area (Å²) in [6, 6.07) is 0. The third-order valence-corrected chi connectivity index (χ3v) is 2.60. The summed E-state index contributed by atoms with van der Waals surface area (Å²) >= 11 is 0. The molecule has 1 aliphatic heterocycles. The first-order chi connectivity index (χ1) is 8.04. The minimum absolute atomic E-state index is 0.0671. The van der Waals surface area contributed by atoms with Gasteiger partial charge in [0.25, 0.3) is 0 Å². The lowest BCUT2D eigenvalue weighted by Gasteiger charge is -2.27. The molecule has 0 aromatic heterocycles. The fraction of sp³-hybridized carbons (Fsp3) is 0.545. The number of carbonyl (C=O) groups is 3. The van der Waals surface area contributed by atoms with Gasteiger partial charge in [-0.25, -0.2) is 0 Å². The smallest absolute Gasteiger partial charge is 0.323 e. The quantitative estimate of drug-likeness (QED) is 0.641. The van der Waals surface area contributed by atoms with E-state index >= 15 is 0 Å². The maximum atomic E-state index is 12.0. The van der Waals surface area contributed by atoms with Gasteiger partial charge in [0.15, 0.2) is 0 Å². The first-order valence-electron chi connectivity index (χ1n) is 5.42. The van der Waals surface area contributed by atoms with E-state index in [4.69, 9.17) is 5.11 Å². The molecule has 1 fully saturated rings. The molecule has 0 spiro atoms. The third kappa shape index (κ3) is 3.90. The van der Waals surface area contributed by atoms with Crippen molar-refractivity contribution in [3.63, 3.8) is 0 Å². The minimum Gasteiger partial charge on any atom is -0.480 e. The van der Waals surface area contributed by atoms with Crippen LogP contribution in [-0.4, -0.2) is 47.4 Å². The highest BCUT2D eigenvalue weighted by molar-refractivity contribution is 5.86. The molecular formula is C11H16N2O4. The van der Waals surface area contributed by atoms with Crippen molar-refractivity contribution < 1.29 is 19.5 Å². The number of carboxylic acids is 1. The van der Waals surface area contributed by atoms with Crippen molar-refractivity contribution in [1.29, 1.82) is 0 Å². The van der Waals surface area contributed by atoms with E-state index in [0.717, 1.165) is 0 Å². The Morgan fingerprint density at radius 3 is 2.76 bits per heavy atom. The molecule has 0 bridgehead atoms. The highest BCUT2D eigenvalue weighted by atomic mass is 16.4. The molecule has 2 N–H and O–H groups in total. The Morgan fingerprint density at radius 2 is 2.29 bits per heavy atom. The molecule has 0 radical (unpaired) electrons. The molecule has 1 aliphatic rings. The third-order valence-electron chi connectivity index (χ3n) is 2.60. The maximum Gasteiger partial charge on any atom is 0.323 e. The van der Waals surface area contributed by atoms with Gasteiger partial charge in [0.2, 0.25) is 11.8 Å². The van der Waals surface area contributed by atoms with Crippen molar-refractivity contribution in [1.82, 2.24) is 10.2 Å². The molecule has 0 aliphatic carbocycles. The number of rotatable bonds is 5. The molecule has 6 nitrogen and oxygen atoms in total. The lowest BCUT2D eigenvalue weighted by molar-refractivity contribution is -0.146. The second kappa shape index (κ2) is 6.03. The molecule has 0 aromatic carbocycles. The molecule has 1 heterocycles. The maximum absolute atomic E-state index is 12.0. The summed E-state index contributed by atoms with van der Waals surface area (Å²) in [6.45, 7) is 3.64. The Balaban J connectivity index is 2.60. The van der Waals surface area contributed by atoms with Gasteiger partial charge in [0, 0.05) is 19.5 Å². The number of nitrogens with zero attached hydrogens (tertiary/aromatic N) is 1. The Labute approximate surface area is 99.3 Å². The van der Waals surface area contributed by atoms with Gasteiger partial charge < -0.3 is 15.3 Å². The van der Waals surface area contributed by atoms with Gasteiger partial charge in [-0.2, -0.15) is 0 Å². The van der Waals surface area contributed by atoms with Crippen molar-refractivity contribution in [2.45, 2.75) is 12.8 Å². The van der Waals surface area contributed by atoms with Gasteiger partial charge in [-0.15, -0.1) is 6.58 Å². The number of hydrogen-bond acceptors (Lipinski definition) is 3. The zero-order chi connectivity index (χ0) is 12.8. The van der Waals surface area contributed by atoms with Crippen LogP contribution in [0.4, 0.5) is 0 Å². The summed E-state index contributed by atoms with van der Waals surface area (Å²) in [5.41, 5.74) is 0. The molecule has 1 unspecified atom stereocenters. The van der Waals surface area contributed by atoms with Crippen LogP contribution in [-0.2, 0) is 14.4 Å². The molecular weight excluding hydrogens is 224 g/mol. The average molecular weight is 240 g/mol. The van der Waals surface area contributed by atoms with Crippen molar-refractivity contribution >= 4 is 17.8 Å². The van der Waals surface area contributed by atoms with Crippen LogP contribution < -0.4 is 5.32 Å². The van der Waals surface area contributed by atoms with E-state index in [-0.39, 0.29) is 37.4 Å². The Kier molecular flexibility index (Phi) is 4.68. The fourth-order valence-corrected chi connectivity index (χ4v) is 1.75. The van der Waals surface area contributed by atoms with Crippen LogP contribution in [0.2, 0.25) is 0 Å². The highest BCUT2D eigenvalue weighted by Crippen LogP contribution is 2.14. The summed E-state index contributed by atoms with van der Waals surface area (Å²) in [6.07, 6.45) is 2.27. The van der Waals surface area contributed by atoms with Crippen LogP contribution in [0.15, 0.2) is 12.7 Å². The molecule has 0 saturated carbocycles. The first-order valence-corrected chi connectivity index (χ1v) is 5.42. The van der Waals surface area contributed by atoms with E-state index in [1.165, 1.54) is 11.0 Å². The predicted octanol–water partition coefficient (Wildman–Crippen LogP) is -0.388. The molecule has 94 valence electrons. The minimum atomic E-state index is -1.06. The summed E-state index contributed by atoms with van der Waals surface area (Å²) in [4.78, 5) is 34.8. The number of amides is 2. The molecule has 1 atom stereocenters.